The van der Waals surface area contributed by atoms with Crippen molar-refractivity contribution in [1.82, 2.24) is 25.4 Å². The molecular formula is C30H38F4N6O. The summed E-state index contributed by atoms with van der Waals surface area (Å²) in [6.07, 6.45) is 1.95. The van der Waals surface area contributed by atoms with Crippen LogP contribution in [0, 0.1) is 0 Å². The van der Waals surface area contributed by atoms with Crippen molar-refractivity contribution >= 4 is 34.0 Å². The second-order valence-electron chi connectivity index (χ2n) is 9.77. The second-order valence-corrected chi connectivity index (χ2v) is 9.77. The van der Waals surface area contributed by atoms with Crippen LogP contribution in [0.4, 0.5) is 23.2 Å². The van der Waals surface area contributed by atoms with Crippen molar-refractivity contribution in [2.75, 3.05) is 18.9 Å². The lowest BCUT2D eigenvalue weighted by atomic mass is 9.97. The van der Waals surface area contributed by atoms with Gasteiger partial charge in [-0.3, -0.25) is 9.48 Å². The van der Waals surface area contributed by atoms with Crippen LogP contribution < -0.4 is 16.0 Å². The average Bonchev–Trinajstić information content (AvgIpc) is 3.45. The zero-order chi connectivity index (χ0) is 30.2. The maximum Gasteiger partial charge on any atom is 0.417 e. The predicted molar refractivity (Wildman–Crippen MR) is 156 cm³/mol. The third-order valence-corrected chi connectivity index (χ3v) is 7.02. The van der Waals surface area contributed by atoms with E-state index in [0.717, 1.165) is 6.42 Å². The molecule has 3 N–H and O–H groups in total. The molecule has 0 aliphatic carbocycles. The lowest BCUT2D eigenvalue weighted by Crippen LogP contribution is -2.38. The van der Waals surface area contributed by atoms with Gasteiger partial charge in [-0.1, -0.05) is 38.6 Å². The number of aryl methyl sites for hydroxylation is 1. The Morgan fingerprint density at radius 1 is 1.17 bits per heavy atom. The van der Waals surface area contributed by atoms with Crippen molar-refractivity contribution in [3.05, 3.63) is 66.3 Å². The first kappa shape index (κ1) is 31.8. The zero-order valence-corrected chi connectivity index (χ0v) is 23.9. The van der Waals surface area contributed by atoms with Gasteiger partial charge in [0.05, 0.1) is 34.8 Å². The number of allylic oxidation sites excluding steroid dienone is 1. The number of benzene rings is 1. The zero-order valence-electron chi connectivity index (χ0n) is 23.9. The molecule has 1 aromatic carbocycles. The molecule has 3 atom stereocenters. The molecule has 7 nitrogen and oxygen atoms in total. The van der Waals surface area contributed by atoms with Crippen LogP contribution >= 0.6 is 0 Å². The highest BCUT2D eigenvalue weighted by molar-refractivity contribution is 6.01. The van der Waals surface area contributed by atoms with E-state index in [2.05, 4.69) is 32.6 Å². The number of alkyl halides is 4. The summed E-state index contributed by atoms with van der Waals surface area (Å²) in [4.78, 5) is 16.6. The van der Waals surface area contributed by atoms with Crippen LogP contribution in [0.3, 0.4) is 0 Å². The summed E-state index contributed by atoms with van der Waals surface area (Å²) in [5, 5.41) is 14.0. The molecule has 3 aromatic rings. The number of nitrogens with zero attached hydrogens (tertiary/aromatic N) is 3. The van der Waals surface area contributed by atoms with Crippen molar-refractivity contribution in [2.45, 2.75) is 71.0 Å². The number of hydrogen-bond donors (Lipinski definition) is 3. The Morgan fingerprint density at radius 2 is 1.93 bits per heavy atom. The number of rotatable bonds is 14. The number of aromatic nitrogens is 3. The van der Waals surface area contributed by atoms with Crippen molar-refractivity contribution < 1.29 is 22.4 Å². The maximum absolute atomic E-state index is 15.1. The van der Waals surface area contributed by atoms with Gasteiger partial charge in [0.1, 0.15) is 6.17 Å². The van der Waals surface area contributed by atoms with Gasteiger partial charge in [0, 0.05) is 41.8 Å². The molecule has 0 spiro atoms. The largest absolute Gasteiger partial charge is 0.417 e. The molecule has 0 bridgehead atoms. The lowest BCUT2D eigenvalue weighted by Gasteiger charge is -2.27. The van der Waals surface area contributed by atoms with Crippen LogP contribution in [0.2, 0.25) is 0 Å². The number of anilines is 1. The summed E-state index contributed by atoms with van der Waals surface area (Å²) >= 11 is 0. The number of fused-ring (bicyclic) bond motifs is 1. The van der Waals surface area contributed by atoms with Crippen LogP contribution in [0.15, 0.2) is 49.3 Å². The molecule has 0 aliphatic rings. The van der Waals surface area contributed by atoms with Gasteiger partial charge in [-0.15, -0.1) is 0 Å². The summed E-state index contributed by atoms with van der Waals surface area (Å²) in [7, 11) is 1.82. The van der Waals surface area contributed by atoms with Crippen molar-refractivity contribution in [3.63, 3.8) is 0 Å². The van der Waals surface area contributed by atoms with E-state index in [-0.39, 0.29) is 35.3 Å². The third kappa shape index (κ3) is 8.16. The third-order valence-electron chi connectivity index (χ3n) is 7.02. The van der Waals surface area contributed by atoms with Crippen LogP contribution in [0.5, 0.6) is 0 Å². The van der Waals surface area contributed by atoms with E-state index < -0.39 is 24.0 Å². The van der Waals surface area contributed by atoms with Crippen LogP contribution in [-0.4, -0.2) is 58.7 Å². The summed E-state index contributed by atoms with van der Waals surface area (Å²) in [6, 6.07) is 6.06. The molecule has 11 heteroatoms. The molecule has 3 rings (SSSR count). The highest BCUT2D eigenvalue weighted by atomic mass is 19.4. The maximum atomic E-state index is 15.1. The van der Waals surface area contributed by atoms with Crippen LogP contribution in [-0.2, 0) is 6.54 Å². The predicted octanol–water partition coefficient (Wildman–Crippen LogP) is 6.39. The molecule has 0 saturated heterocycles. The standard InChI is InChI=1S/C30H38F4N6O/c1-6-21(35-5)16-27(25(31)7-2)39-26-13-9-12-23-24(26)15-22(38-28(23)19(4)30(32,33)34)11-10-14-36-29(41)20-17-37-40(8-3)18-20/h9-13,15,17-18,21,25,27,35,39H,4,6-8,14,16H2,1-3,5H3,(H,36,41)/b11-10+/t21?,25-,27+/m0/s1. The Kier molecular flexibility index (Phi) is 11.0. The van der Waals surface area contributed by atoms with Gasteiger partial charge in [0.2, 0.25) is 0 Å². The molecule has 222 valence electrons. The van der Waals surface area contributed by atoms with E-state index in [9.17, 15) is 18.0 Å². The van der Waals surface area contributed by atoms with Crippen molar-refractivity contribution in [2.24, 2.45) is 0 Å². The van der Waals surface area contributed by atoms with Gasteiger partial charge in [0.15, 0.2) is 0 Å². The monoisotopic (exact) mass is 574 g/mol. The van der Waals surface area contributed by atoms with Crippen LogP contribution in [0.1, 0.15) is 61.8 Å². The summed E-state index contributed by atoms with van der Waals surface area (Å²) in [5.74, 6) is -0.326. The Hall–Kier alpha value is -3.73. The number of amides is 1. The summed E-state index contributed by atoms with van der Waals surface area (Å²) in [5.41, 5.74) is -0.236. The number of pyridine rings is 1. The number of nitrogens with one attached hydrogen (secondary N) is 3. The molecule has 0 radical (unpaired) electrons. The second kappa shape index (κ2) is 14.2. The fourth-order valence-corrected chi connectivity index (χ4v) is 4.54. The quantitative estimate of drug-likeness (QED) is 0.195. The van der Waals surface area contributed by atoms with Gasteiger partial charge in [-0.2, -0.15) is 18.3 Å². The Morgan fingerprint density at radius 3 is 2.54 bits per heavy atom. The van der Waals surface area contributed by atoms with Crippen LogP contribution in [0.25, 0.3) is 22.4 Å². The normalized spacial score (nSPS) is 14.2. The van der Waals surface area contributed by atoms with Gasteiger partial charge < -0.3 is 16.0 Å². The van der Waals surface area contributed by atoms with Gasteiger partial charge >= 0.3 is 6.18 Å². The van der Waals surface area contributed by atoms with Gasteiger partial charge in [-0.05, 0) is 51.4 Å². The molecule has 0 fully saturated rings. The molecule has 41 heavy (non-hydrogen) atoms. The minimum atomic E-state index is -4.70. The molecule has 0 saturated carbocycles. The Bertz CT molecular complexity index is 1360. The van der Waals surface area contributed by atoms with Gasteiger partial charge in [0.25, 0.3) is 5.91 Å². The highest BCUT2D eigenvalue weighted by Crippen LogP contribution is 2.37. The van der Waals surface area contributed by atoms with Gasteiger partial charge in [-0.25, -0.2) is 9.37 Å². The number of hydrogen-bond acceptors (Lipinski definition) is 5. The average molecular weight is 575 g/mol. The first-order valence-corrected chi connectivity index (χ1v) is 13.8. The minimum absolute atomic E-state index is 0.0690. The molecule has 0 aliphatic heterocycles. The molecule has 2 aromatic heterocycles. The topological polar surface area (TPSA) is 83.9 Å². The van der Waals surface area contributed by atoms with E-state index in [1.165, 1.54) is 12.3 Å². The molecule has 1 unspecified atom stereocenters. The highest BCUT2D eigenvalue weighted by Gasteiger charge is 2.35. The Balaban J connectivity index is 1.96. The van der Waals surface area contributed by atoms with E-state index >= 15 is 4.39 Å². The lowest BCUT2D eigenvalue weighted by molar-refractivity contribution is -0.0688. The SMILES string of the molecule is C=C(c1nc(/C=C/CNC(=O)c2cnn(CC)c2)cc2c(N[C@H](CC(CC)NC)[C@@H](F)CC)cccc12)C(F)(F)F. The number of carbonyl (C=O) groups excluding carboxylic acids is 1. The molecule has 1 amide bonds. The fourth-order valence-electron chi connectivity index (χ4n) is 4.54. The van der Waals surface area contributed by atoms with E-state index in [1.54, 1.807) is 48.1 Å². The number of halogens is 4. The van der Waals surface area contributed by atoms with E-state index in [0.29, 0.717) is 36.0 Å². The molecular weight excluding hydrogens is 536 g/mol. The smallest absolute Gasteiger partial charge is 0.379 e. The first-order valence-electron chi connectivity index (χ1n) is 13.8. The van der Waals surface area contributed by atoms with E-state index in [1.807, 2.05) is 20.9 Å². The molecule has 2 heterocycles. The summed E-state index contributed by atoms with van der Waals surface area (Å²) in [6.45, 7) is 9.70. The first-order chi connectivity index (χ1) is 19.5. The fraction of sp³-hybridized carbons (Fsp3) is 0.433. The summed E-state index contributed by atoms with van der Waals surface area (Å²) < 4.78 is 58.0. The number of carbonyl (C=O) groups is 1. The van der Waals surface area contributed by atoms with Crippen molar-refractivity contribution in [3.8, 4) is 0 Å². The minimum Gasteiger partial charge on any atom is -0.379 e. The van der Waals surface area contributed by atoms with E-state index in [4.69, 9.17) is 0 Å². The Labute approximate surface area is 238 Å². The van der Waals surface area contributed by atoms with Crippen molar-refractivity contribution in [1.29, 1.82) is 0 Å².